The van der Waals surface area contributed by atoms with Gasteiger partial charge < -0.3 is 5.32 Å². The third-order valence-corrected chi connectivity index (χ3v) is 5.37. The maximum Gasteiger partial charge on any atom is 0.0738 e. The Hall–Kier alpha value is -1.45. The minimum atomic E-state index is 0.741. The van der Waals surface area contributed by atoms with Crippen molar-refractivity contribution in [1.29, 1.82) is 0 Å². The van der Waals surface area contributed by atoms with Crippen LogP contribution in [0.15, 0.2) is 12.1 Å². The Morgan fingerprint density at radius 2 is 2.09 bits per heavy atom. The molecule has 0 bridgehead atoms. The van der Waals surface area contributed by atoms with Gasteiger partial charge >= 0.3 is 0 Å². The molecule has 1 fully saturated rings. The van der Waals surface area contributed by atoms with Crippen LogP contribution >= 0.6 is 0 Å². The number of nitrogens with one attached hydrogen (secondary N) is 1. The summed E-state index contributed by atoms with van der Waals surface area (Å²) in [6, 6.07) is 5.34. The molecule has 0 atom stereocenters. The van der Waals surface area contributed by atoms with E-state index in [-0.39, 0.29) is 0 Å². The largest absolute Gasteiger partial charge is 0.310 e. The van der Waals surface area contributed by atoms with E-state index in [9.17, 15) is 0 Å². The van der Waals surface area contributed by atoms with E-state index in [0.29, 0.717) is 0 Å². The number of likely N-dealkylation sites (N-methyl/N-ethyl adjacent to an activating group) is 1. The number of pyridine rings is 1. The fourth-order valence-electron chi connectivity index (χ4n) is 3.84. The Balaban J connectivity index is 1.87. The van der Waals surface area contributed by atoms with Crippen molar-refractivity contribution in [1.82, 2.24) is 15.2 Å². The van der Waals surface area contributed by atoms with Crippen LogP contribution in [0.3, 0.4) is 0 Å². The second-order valence-electron chi connectivity index (χ2n) is 7.27. The van der Waals surface area contributed by atoms with Crippen LogP contribution in [0.2, 0.25) is 0 Å². The molecule has 1 aliphatic carbocycles. The first kappa shape index (κ1) is 15.1. The second kappa shape index (κ2) is 5.88. The minimum Gasteiger partial charge on any atom is -0.310 e. The second-order valence-corrected chi connectivity index (χ2v) is 7.27. The summed E-state index contributed by atoms with van der Waals surface area (Å²) in [5.41, 5.74) is 8.19. The Morgan fingerprint density at radius 3 is 2.83 bits per heavy atom. The zero-order valence-electron chi connectivity index (χ0n) is 14.6. The number of rotatable bonds is 4. The molecule has 1 N–H and O–H groups in total. The average molecular weight is 309 g/mol. The van der Waals surface area contributed by atoms with Gasteiger partial charge in [0.05, 0.1) is 5.52 Å². The van der Waals surface area contributed by atoms with E-state index in [1.54, 1.807) is 0 Å². The topological polar surface area (TPSA) is 28.2 Å². The van der Waals surface area contributed by atoms with Crippen LogP contribution in [0.25, 0.3) is 10.9 Å². The van der Waals surface area contributed by atoms with Gasteiger partial charge in [0.1, 0.15) is 0 Å². The smallest absolute Gasteiger partial charge is 0.0738 e. The first-order chi connectivity index (χ1) is 11.2. The molecule has 1 saturated carbocycles. The van der Waals surface area contributed by atoms with Crippen LogP contribution in [0, 0.1) is 13.8 Å². The monoisotopic (exact) mass is 309 g/mol. The molecule has 0 spiro atoms. The predicted molar refractivity (Wildman–Crippen MR) is 95.7 cm³/mol. The Bertz CT molecular complexity index is 746. The number of hydrogen-bond acceptors (Lipinski definition) is 3. The van der Waals surface area contributed by atoms with E-state index in [4.69, 9.17) is 4.98 Å². The lowest BCUT2D eigenvalue weighted by Crippen LogP contribution is -2.32. The van der Waals surface area contributed by atoms with Crippen molar-refractivity contribution in [2.45, 2.75) is 59.2 Å². The summed E-state index contributed by atoms with van der Waals surface area (Å²) in [4.78, 5) is 7.61. The number of aryl methyl sites for hydroxylation is 2. The van der Waals surface area contributed by atoms with E-state index < -0.39 is 0 Å². The van der Waals surface area contributed by atoms with Gasteiger partial charge in [-0.15, -0.1) is 0 Å². The zero-order valence-corrected chi connectivity index (χ0v) is 14.6. The molecule has 4 rings (SSSR count). The third kappa shape index (κ3) is 2.88. The molecule has 1 aromatic heterocycles. The summed E-state index contributed by atoms with van der Waals surface area (Å²) in [5, 5.41) is 5.11. The Kier molecular flexibility index (Phi) is 3.86. The van der Waals surface area contributed by atoms with E-state index >= 15 is 0 Å². The highest BCUT2D eigenvalue weighted by atomic mass is 15.1. The molecule has 2 aromatic rings. The van der Waals surface area contributed by atoms with Crippen molar-refractivity contribution in [2.24, 2.45) is 0 Å². The van der Waals surface area contributed by atoms with Crippen molar-refractivity contribution >= 4 is 10.9 Å². The van der Waals surface area contributed by atoms with Crippen LogP contribution in [0.5, 0.6) is 0 Å². The predicted octanol–water partition coefficient (Wildman–Crippen LogP) is 3.48. The van der Waals surface area contributed by atoms with Gasteiger partial charge in [-0.25, -0.2) is 0 Å². The van der Waals surface area contributed by atoms with Gasteiger partial charge in [0.2, 0.25) is 0 Å². The molecule has 23 heavy (non-hydrogen) atoms. The normalized spacial score (nSPS) is 18.4. The number of hydrogen-bond donors (Lipinski definition) is 1. The van der Waals surface area contributed by atoms with Crippen LogP contribution in [0.4, 0.5) is 0 Å². The van der Waals surface area contributed by atoms with Crippen molar-refractivity contribution in [3.05, 3.63) is 40.1 Å². The molecular formula is C20H27N3. The lowest BCUT2D eigenvalue weighted by molar-refractivity contribution is 0.265. The zero-order chi connectivity index (χ0) is 16.0. The van der Waals surface area contributed by atoms with Gasteiger partial charge in [0.25, 0.3) is 0 Å². The van der Waals surface area contributed by atoms with Crippen LogP contribution < -0.4 is 5.32 Å². The quantitative estimate of drug-likeness (QED) is 0.937. The fraction of sp³-hybridized carbons (Fsp3) is 0.550. The maximum absolute atomic E-state index is 5.07. The molecule has 0 radical (unpaired) electrons. The molecule has 1 aliphatic heterocycles. The molecule has 3 heteroatoms. The average Bonchev–Trinajstić information content (AvgIpc) is 3.36. The lowest BCUT2D eigenvalue weighted by atomic mass is 9.93. The van der Waals surface area contributed by atoms with Crippen molar-refractivity contribution < 1.29 is 0 Å². The summed E-state index contributed by atoms with van der Waals surface area (Å²) in [5.74, 6) is 0. The first-order valence-electron chi connectivity index (χ1n) is 9.03. The highest BCUT2D eigenvalue weighted by molar-refractivity contribution is 5.87. The molecular weight excluding hydrogens is 282 g/mol. The molecule has 2 aliphatic rings. The summed E-state index contributed by atoms with van der Waals surface area (Å²) < 4.78 is 0. The van der Waals surface area contributed by atoms with Crippen molar-refractivity contribution in [3.8, 4) is 0 Å². The maximum atomic E-state index is 5.07. The summed E-state index contributed by atoms with van der Waals surface area (Å²) in [6.45, 7) is 11.0. The highest BCUT2D eigenvalue weighted by Gasteiger charge is 2.25. The van der Waals surface area contributed by atoms with Gasteiger partial charge in [0, 0.05) is 43.2 Å². The molecule has 1 aromatic carbocycles. The van der Waals surface area contributed by atoms with E-state index in [1.807, 2.05) is 0 Å². The summed E-state index contributed by atoms with van der Waals surface area (Å²) in [7, 11) is 0. The summed E-state index contributed by atoms with van der Waals surface area (Å²) in [6.07, 6.45) is 3.76. The Labute approximate surface area is 139 Å². The first-order valence-corrected chi connectivity index (χ1v) is 9.03. The van der Waals surface area contributed by atoms with E-state index in [2.05, 4.69) is 43.1 Å². The van der Waals surface area contributed by atoms with Gasteiger partial charge in [-0.3, -0.25) is 9.88 Å². The minimum absolute atomic E-state index is 0.741. The van der Waals surface area contributed by atoms with Gasteiger partial charge in [0.15, 0.2) is 0 Å². The van der Waals surface area contributed by atoms with Gasteiger partial charge in [-0.2, -0.15) is 0 Å². The standard InChI is InChI=1S/C20H27N3/c1-4-23-8-7-19-18(12-23)17(11-21-15-5-6-15)16-10-13(2)9-14(3)20(16)22-19/h9-10,15,21H,4-8,11-12H2,1-3H3. The molecule has 0 amide bonds. The number of benzene rings is 1. The van der Waals surface area contributed by atoms with Crippen LogP contribution in [0.1, 0.15) is 47.7 Å². The van der Waals surface area contributed by atoms with Crippen LogP contribution in [-0.2, 0) is 19.5 Å². The third-order valence-electron chi connectivity index (χ3n) is 5.37. The van der Waals surface area contributed by atoms with Crippen molar-refractivity contribution in [2.75, 3.05) is 13.1 Å². The molecule has 122 valence electrons. The summed E-state index contributed by atoms with van der Waals surface area (Å²) >= 11 is 0. The highest BCUT2D eigenvalue weighted by Crippen LogP contribution is 2.31. The fourth-order valence-corrected chi connectivity index (χ4v) is 3.84. The molecule has 0 unspecified atom stereocenters. The Morgan fingerprint density at radius 1 is 1.26 bits per heavy atom. The van der Waals surface area contributed by atoms with E-state index in [1.165, 1.54) is 51.7 Å². The van der Waals surface area contributed by atoms with Crippen LogP contribution in [-0.4, -0.2) is 29.0 Å². The number of fused-ring (bicyclic) bond motifs is 2. The molecule has 0 saturated heterocycles. The number of aromatic nitrogens is 1. The van der Waals surface area contributed by atoms with E-state index in [0.717, 1.165) is 38.6 Å². The number of nitrogens with zero attached hydrogens (tertiary/aromatic N) is 2. The SMILES string of the molecule is CCN1CCc2nc3c(C)cc(C)cc3c(CNC3CC3)c2C1. The van der Waals surface area contributed by atoms with Gasteiger partial charge in [-0.05, 0) is 56.0 Å². The lowest BCUT2D eigenvalue weighted by Gasteiger charge is -2.30. The van der Waals surface area contributed by atoms with Crippen molar-refractivity contribution in [3.63, 3.8) is 0 Å². The molecule has 3 nitrogen and oxygen atoms in total. The molecule has 2 heterocycles. The van der Waals surface area contributed by atoms with Gasteiger partial charge in [-0.1, -0.05) is 18.6 Å².